The van der Waals surface area contributed by atoms with E-state index in [0.717, 1.165) is 44.9 Å². The average Bonchev–Trinajstić information content (AvgIpc) is 3.56. The zero-order chi connectivity index (χ0) is 37.7. The van der Waals surface area contributed by atoms with E-state index in [1.54, 1.807) is 30.0 Å². The Morgan fingerprint density at radius 2 is 1.04 bits per heavy atom. The molecular formula is C41H39CoN6O5-. The van der Waals surface area contributed by atoms with Gasteiger partial charge in [-0.05, 0) is 112 Å². The molecule has 0 unspecified atom stereocenters. The standard InChI is InChI=1S/C21H20N3O2.C20H19N3O3.Co/c1-13-10-14(2)20(18(11-13)21(25)26)22-12-19-15(3)23-24(16(19)4)17-8-6-5-7-9-17;1-12-9-13(2)18(16(10-12)20(25)26)21-11-17-14(3)22-23(19(17)24)15-7-5-4-6-8-15;/h5-12H,4H2,1-3H3,(H,25,26);4-11,24H,1-3H3,(H,25,26);/q-1;;. The Morgan fingerprint density at radius 1 is 0.642 bits per heavy atom. The number of carboxylic acid groups (broad SMARTS) is 2. The smallest absolute Gasteiger partial charge is 0.337 e. The summed E-state index contributed by atoms with van der Waals surface area (Å²) < 4.78 is 3.19. The van der Waals surface area contributed by atoms with Gasteiger partial charge >= 0.3 is 11.9 Å². The second kappa shape index (κ2) is 16.8. The number of aromatic hydroxyl groups is 1. The molecule has 3 N–H and O–H groups in total. The molecule has 6 rings (SSSR count). The minimum Gasteiger partial charge on any atom is -0.493 e. The van der Waals surface area contributed by atoms with E-state index in [1.165, 1.54) is 10.9 Å². The van der Waals surface area contributed by atoms with Crippen LogP contribution in [0.15, 0.2) is 94.9 Å². The number of aryl methyl sites for hydroxylation is 6. The maximum absolute atomic E-state index is 11.6. The number of carboxylic acids is 2. The van der Waals surface area contributed by atoms with Crippen LogP contribution in [0.4, 0.5) is 11.4 Å². The number of aliphatic imine (C=N–C) groups is 2. The number of rotatable bonds is 8. The molecule has 0 aliphatic heterocycles. The fourth-order valence-corrected chi connectivity index (χ4v) is 5.81. The summed E-state index contributed by atoms with van der Waals surface area (Å²) in [5.41, 5.74) is 9.43. The summed E-state index contributed by atoms with van der Waals surface area (Å²) in [5.74, 6) is -2.07. The van der Waals surface area contributed by atoms with Gasteiger partial charge in [0, 0.05) is 23.0 Å². The summed E-state index contributed by atoms with van der Waals surface area (Å²) in [5, 5.41) is 38.3. The van der Waals surface area contributed by atoms with Gasteiger partial charge < -0.3 is 15.3 Å². The fourth-order valence-electron chi connectivity index (χ4n) is 5.81. The number of para-hydroxylation sites is 2. The van der Waals surface area contributed by atoms with Crippen molar-refractivity contribution in [3.63, 3.8) is 0 Å². The molecule has 0 fully saturated rings. The van der Waals surface area contributed by atoms with Gasteiger partial charge in [-0.25, -0.2) is 21.2 Å². The Hall–Kier alpha value is -6.24. The quantitative estimate of drug-likeness (QED) is 0.104. The Bertz CT molecular complexity index is 2180. The van der Waals surface area contributed by atoms with Gasteiger partial charge in [0.05, 0.1) is 45.1 Å². The van der Waals surface area contributed by atoms with Gasteiger partial charge in [0.1, 0.15) is 0 Å². The largest absolute Gasteiger partial charge is 0.493 e. The molecule has 0 atom stereocenters. The van der Waals surface area contributed by atoms with Gasteiger partial charge in [0.25, 0.3) is 0 Å². The van der Waals surface area contributed by atoms with Crippen molar-refractivity contribution in [2.45, 2.75) is 41.5 Å². The molecule has 2 aromatic heterocycles. The van der Waals surface area contributed by atoms with Crippen molar-refractivity contribution in [3.8, 4) is 17.3 Å². The SMILES string of the molecule is Cc1cc(C)c(N=Cc2c(C)nn(-c3ccccc3)c2O)c(C(=O)O)c1.[CH2-]c1c(C=Nc2c(C)cc(C)cc2C(=O)O)c(C)nn1-c1ccccc1.[Co]. The van der Waals surface area contributed by atoms with Crippen LogP contribution < -0.4 is 0 Å². The Morgan fingerprint density at radius 3 is 1.49 bits per heavy atom. The van der Waals surface area contributed by atoms with Crippen molar-refractivity contribution >= 4 is 35.7 Å². The molecule has 4 aromatic carbocycles. The molecule has 53 heavy (non-hydrogen) atoms. The van der Waals surface area contributed by atoms with Crippen LogP contribution in [0.3, 0.4) is 0 Å². The van der Waals surface area contributed by atoms with E-state index >= 15 is 0 Å². The molecule has 0 saturated heterocycles. The third kappa shape index (κ3) is 8.80. The molecule has 0 aliphatic carbocycles. The van der Waals surface area contributed by atoms with Crippen LogP contribution in [0.1, 0.15) is 71.2 Å². The van der Waals surface area contributed by atoms with Crippen molar-refractivity contribution in [1.29, 1.82) is 0 Å². The van der Waals surface area contributed by atoms with Crippen LogP contribution in [-0.4, -0.2) is 59.2 Å². The molecule has 273 valence electrons. The molecule has 1 radical (unpaired) electrons. The molecule has 2 heterocycles. The third-order valence-electron chi connectivity index (χ3n) is 8.29. The number of nitrogens with zero attached hydrogens (tertiary/aromatic N) is 6. The summed E-state index contributed by atoms with van der Waals surface area (Å²) >= 11 is 0. The van der Waals surface area contributed by atoms with Gasteiger partial charge in [-0.3, -0.25) is 14.7 Å². The van der Waals surface area contributed by atoms with Crippen molar-refractivity contribution in [1.82, 2.24) is 19.6 Å². The van der Waals surface area contributed by atoms with Crippen molar-refractivity contribution in [2.24, 2.45) is 9.98 Å². The minimum atomic E-state index is -1.04. The number of hydrogen-bond acceptors (Lipinski definition) is 7. The van der Waals surface area contributed by atoms with E-state index in [9.17, 15) is 24.9 Å². The van der Waals surface area contributed by atoms with Gasteiger partial charge in [-0.1, -0.05) is 54.2 Å². The average molecular weight is 755 g/mol. The fraction of sp³-hybridized carbons (Fsp3) is 0.146. The van der Waals surface area contributed by atoms with Crippen molar-refractivity contribution < 1.29 is 41.7 Å². The summed E-state index contributed by atoms with van der Waals surface area (Å²) in [6.07, 6.45) is 3.11. The molecule has 11 nitrogen and oxygen atoms in total. The first kappa shape index (κ1) is 39.5. The summed E-state index contributed by atoms with van der Waals surface area (Å²) in [6, 6.07) is 26.0. The Kier molecular flexibility index (Phi) is 12.6. The maximum atomic E-state index is 11.6. The molecule has 0 bridgehead atoms. The van der Waals surface area contributed by atoms with Crippen LogP contribution in [0, 0.1) is 48.5 Å². The molecule has 6 aromatic rings. The monoisotopic (exact) mass is 754 g/mol. The van der Waals surface area contributed by atoms with Crippen molar-refractivity contribution in [3.05, 3.63) is 153 Å². The normalized spacial score (nSPS) is 11.0. The molecule has 0 aliphatic rings. The number of hydrogen-bond donors (Lipinski definition) is 3. The topological polar surface area (TPSA) is 155 Å². The predicted octanol–water partition coefficient (Wildman–Crippen LogP) is 8.38. The van der Waals surface area contributed by atoms with E-state index in [-0.39, 0.29) is 33.8 Å². The van der Waals surface area contributed by atoms with Gasteiger partial charge in [0.15, 0.2) is 0 Å². The van der Waals surface area contributed by atoms with Gasteiger partial charge in [0.2, 0.25) is 5.88 Å². The number of aromatic nitrogens is 4. The van der Waals surface area contributed by atoms with E-state index in [0.29, 0.717) is 28.3 Å². The Labute approximate surface area is 318 Å². The first-order valence-electron chi connectivity index (χ1n) is 16.3. The zero-order valence-corrected chi connectivity index (χ0v) is 31.2. The number of carbonyl (C=O) groups is 2. The second-order valence-electron chi connectivity index (χ2n) is 12.3. The van der Waals surface area contributed by atoms with Crippen LogP contribution in [0.5, 0.6) is 5.88 Å². The molecule has 0 spiro atoms. The third-order valence-corrected chi connectivity index (χ3v) is 8.29. The molecule has 0 amide bonds. The van der Waals surface area contributed by atoms with Crippen LogP contribution in [0.25, 0.3) is 11.4 Å². The predicted molar refractivity (Wildman–Crippen MR) is 203 cm³/mol. The van der Waals surface area contributed by atoms with Crippen LogP contribution in [-0.2, 0) is 16.8 Å². The van der Waals surface area contributed by atoms with Gasteiger partial charge in [-0.2, -0.15) is 10.2 Å². The molecule has 12 heteroatoms. The number of benzene rings is 4. The molecular weight excluding hydrogens is 715 g/mol. The second-order valence-corrected chi connectivity index (χ2v) is 12.3. The first-order valence-corrected chi connectivity index (χ1v) is 16.3. The van der Waals surface area contributed by atoms with E-state index in [4.69, 9.17) is 0 Å². The van der Waals surface area contributed by atoms with Crippen LogP contribution in [0.2, 0.25) is 0 Å². The first-order chi connectivity index (χ1) is 24.8. The number of aromatic carboxylic acids is 2. The summed E-state index contributed by atoms with van der Waals surface area (Å²) in [6.45, 7) is 15.1. The summed E-state index contributed by atoms with van der Waals surface area (Å²) in [4.78, 5) is 31.9. The van der Waals surface area contributed by atoms with E-state index in [1.807, 2.05) is 107 Å². The van der Waals surface area contributed by atoms with E-state index in [2.05, 4.69) is 27.1 Å². The minimum absolute atomic E-state index is 0. The van der Waals surface area contributed by atoms with Crippen LogP contribution >= 0.6 is 0 Å². The Balaban J connectivity index is 0.000000232. The maximum Gasteiger partial charge on any atom is 0.337 e. The zero-order valence-electron chi connectivity index (χ0n) is 30.1. The van der Waals surface area contributed by atoms with Crippen molar-refractivity contribution in [2.75, 3.05) is 0 Å². The summed E-state index contributed by atoms with van der Waals surface area (Å²) in [7, 11) is 0. The van der Waals surface area contributed by atoms with E-state index < -0.39 is 11.9 Å². The molecule has 0 saturated carbocycles. The van der Waals surface area contributed by atoms with Gasteiger partial charge in [-0.15, -0.1) is 5.56 Å².